The van der Waals surface area contributed by atoms with Crippen molar-refractivity contribution in [1.29, 1.82) is 0 Å². The van der Waals surface area contributed by atoms with E-state index in [4.69, 9.17) is 9.47 Å². The lowest BCUT2D eigenvalue weighted by Crippen LogP contribution is -2.28. The smallest absolute Gasteiger partial charge is 0.293 e. The van der Waals surface area contributed by atoms with Crippen LogP contribution in [0.4, 0.5) is 4.79 Å². The second-order valence-corrected chi connectivity index (χ2v) is 9.09. The molecule has 0 unspecified atom stereocenters. The zero-order valence-corrected chi connectivity index (χ0v) is 20.6. The SMILES string of the molecule is C=CCc1cc(/C=C2/SC(=O)N(CCC)C2=O)cc(OCC)c1OCc1ccc(Br)cc1. The Kier molecular flexibility index (Phi) is 8.59. The number of imide groups is 1. The maximum Gasteiger partial charge on any atom is 0.293 e. The Morgan fingerprint density at radius 3 is 2.53 bits per heavy atom. The van der Waals surface area contributed by atoms with Crippen LogP contribution in [-0.2, 0) is 17.8 Å². The van der Waals surface area contributed by atoms with Gasteiger partial charge in [-0.1, -0.05) is 41.1 Å². The van der Waals surface area contributed by atoms with Gasteiger partial charge in [-0.15, -0.1) is 6.58 Å². The zero-order valence-electron chi connectivity index (χ0n) is 18.2. The molecule has 3 rings (SSSR count). The molecule has 2 aromatic carbocycles. The number of carbonyl (C=O) groups is 2. The van der Waals surface area contributed by atoms with Gasteiger partial charge in [0.25, 0.3) is 11.1 Å². The normalized spacial score (nSPS) is 14.8. The van der Waals surface area contributed by atoms with E-state index < -0.39 is 0 Å². The summed E-state index contributed by atoms with van der Waals surface area (Å²) in [5.74, 6) is 1.01. The molecule has 5 nitrogen and oxygen atoms in total. The van der Waals surface area contributed by atoms with Gasteiger partial charge < -0.3 is 9.47 Å². The summed E-state index contributed by atoms with van der Waals surface area (Å²) in [6.07, 6.45) is 4.85. The minimum absolute atomic E-state index is 0.228. The van der Waals surface area contributed by atoms with Crippen LogP contribution in [0.1, 0.15) is 37.0 Å². The number of nitrogens with zero attached hydrogens (tertiary/aromatic N) is 1. The van der Waals surface area contributed by atoms with Crippen LogP contribution in [0.2, 0.25) is 0 Å². The molecule has 0 radical (unpaired) electrons. The second kappa shape index (κ2) is 11.4. The maximum absolute atomic E-state index is 12.6. The van der Waals surface area contributed by atoms with Gasteiger partial charge in [-0.3, -0.25) is 14.5 Å². The molecule has 0 spiro atoms. The molecule has 1 heterocycles. The quantitative estimate of drug-likeness (QED) is 0.263. The molecular weight excluding hydrogens is 490 g/mol. The fourth-order valence-electron chi connectivity index (χ4n) is 3.30. The highest BCUT2D eigenvalue weighted by Crippen LogP contribution is 2.37. The van der Waals surface area contributed by atoms with Crippen LogP contribution >= 0.6 is 27.7 Å². The van der Waals surface area contributed by atoms with Crippen LogP contribution in [0, 0.1) is 0 Å². The molecule has 1 aliphatic rings. The highest BCUT2D eigenvalue weighted by atomic mass is 79.9. The van der Waals surface area contributed by atoms with Gasteiger partial charge in [0.1, 0.15) is 6.61 Å². The van der Waals surface area contributed by atoms with E-state index in [-0.39, 0.29) is 11.1 Å². The molecule has 2 aromatic rings. The van der Waals surface area contributed by atoms with Crippen LogP contribution in [-0.4, -0.2) is 29.2 Å². The number of halogens is 1. The fraction of sp³-hybridized carbons (Fsp3) is 0.280. The van der Waals surface area contributed by atoms with Gasteiger partial charge in [0.05, 0.1) is 11.5 Å². The lowest BCUT2D eigenvalue weighted by molar-refractivity contribution is -0.122. The van der Waals surface area contributed by atoms with Crippen LogP contribution < -0.4 is 9.47 Å². The molecule has 7 heteroatoms. The van der Waals surface area contributed by atoms with E-state index in [0.29, 0.717) is 42.6 Å². The minimum Gasteiger partial charge on any atom is -0.490 e. The number of amides is 2. The summed E-state index contributed by atoms with van der Waals surface area (Å²) in [6, 6.07) is 11.7. The van der Waals surface area contributed by atoms with Crippen molar-refractivity contribution in [2.75, 3.05) is 13.2 Å². The van der Waals surface area contributed by atoms with Gasteiger partial charge in [0, 0.05) is 16.6 Å². The van der Waals surface area contributed by atoms with Gasteiger partial charge in [-0.2, -0.15) is 0 Å². The lowest BCUT2D eigenvalue weighted by atomic mass is 10.0. The highest BCUT2D eigenvalue weighted by Gasteiger charge is 2.34. The number of hydrogen-bond donors (Lipinski definition) is 0. The summed E-state index contributed by atoms with van der Waals surface area (Å²) >= 11 is 4.41. The number of ether oxygens (including phenoxy) is 2. The Morgan fingerprint density at radius 1 is 1.12 bits per heavy atom. The molecular formula is C25H26BrNO4S. The molecule has 0 aromatic heterocycles. The summed E-state index contributed by atoms with van der Waals surface area (Å²) in [5.41, 5.74) is 2.72. The van der Waals surface area contributed by atoms with Gasteiger partial charge in [0.15, 0.2) is 11.5 Å². The maximum atomic E-state index is 12.6. The third-order valence-electron chi connectivity index (χ3n) is 4.73. The summed E-state index contributed by atoms with van der Waals surface area (Å²) in [7, 11) is 0. The van der Waals surface area contributed by atoms with Gasteiger partial charge in [-0.05, 0) is 73.0 Å². The van der Waals surface area contributed by atoms with Crippen molar-refractivity contribution >= 4 is 44.9 Å². The van der Waals surface area contributed by atoms with E-state index in [1.165, 1.54) is 4.90 Å². The van der Waals surface area contributed by atoms with Crippen molar-refractivity contribution in [3.8, 4) is 11.5 Å². The van der Waals surface area contributed by atoms with Crippen molar-refractivity contribution in [3.05, 3.63) is 75.1 Å². The third-order valence-corrected chi connectivity index (χ3v) is 6.17. The summed E-state index contributed by atoms with van der Waals surface area (Å²) in [5, 5.41) is -0.228. The molecule has 1 saturated heterocycles. The van der Waals surface area contributed by atoms with Crippen LogP contribution in [0.15, 0.2) is 58.4 Å². The third kappa shape index (κ3) is 5.84. The largest absolute Gasteiger partial charge is 0.490 e. The van der Waals surface area contributed by atoms with Crippen molar-refractivity contribution in [2.24, 2.45) is 0 Å². The monoisotopic (exact) mass is 515 g/mol. The average Bonchev–Trinajstić information content (AvgIpc) is 3.02. The first-order chi connectivity index (χ1) is 15.5. The molecule has 168 valence electrons. The van der Waals surface area contributed by atoms with Crippen molar-refractivity contribution in [2.45, 2.75) is 33.3 Å². The molecule has 0 atom stereocenters. The molecule has 1 fully saturated rings. The van der Waals surface area contributed by atoms with Crippen LogP contribution in [0.3, 0.4) is 0 Å². The van der Waals surface area contributed by atoms with Crippen molar-refractivity contribution in [3.63, 3.8) is 0 Å². The van der Waals surface area contributed by atoms with E-state index in [0.717, 1.165) is 39.3 Å². The standard InChI is InChI=1S/C25H26BrNO4S/c1-4-7-19-13-18(15-22-24(28)27(12-5-2)25(29)32-22)14-21(30-6-3)23(19)31-16-17-8-10-20(26)11-9-17/h4,8-11,13-15H,1,5-7,12,16H2,2-3H3/b22-15+. The van der Waals surface area contributed by atoms with Gasteiger partial charge in [-0.25, -0.2) is 0 Å². The zero-order chi connectivity index (χ0) is 23.1. The molecule has 0 saturated carbocycles. The number of allylic oxidation sites excluding steroid dienone is 1. The predicted octanol–water partition coefficient (Wildman–Crippen LogP) is 6.60. The Hall–Kier alpha value is -2.51. The summed E-state index contributed by atoms with van der Waals surface area (Å²) in [4.78, 5) is 26.5. The van der Waals surface area contributed by atoms with Gasteiger partial charge >= 0.3 is 0 Å². The van der Waals surface area contributed by atoms with E-state index in [9.17, 15) is 9.59 Å². The van der Waals surface area contributed by atoms with Crippen LogP contribution in [0.5, 0.6) is 11.5 Å². The Labute approximate surface area is 201 Å². The number of benzene rings is 2. The first-order valence-electron chi connectivity index (χ1n) is 10.5. The summed E-state index contributed by atoms with van der Waals surface area (Å²) < 4.78 is 13.1. The van der Waals surface area contributed by atoms with E-state index in [1.54, 1.807) is 12.2 Å². The molecule has 32 heavy (non-hydrogen) atoms. The van der Waals surface area contributed by atoms with E-state index in [1.807, 2.05) is 50.2 Å². The Balaban J connectivity index is 1.93. The van der Waals surface area contributed by atoms with E-state index >= 15 is 0 Å². The molecule has 0 N–H and O–H groups in total. The number of carbonyl (C=O) groups excluding carboxylic acids is 2. The topological polar surface area (TPSA) is 55.8 Å². The molecule has 0 aliphatic carbocycles. The first kappa shape index (κ1) is 24.1. The number of thioether (sulfide) groups is 1. The summed E-state index contributed by atoms with van der Waals surface area (Å²) in [6.45, 7) is 9.00. The highest BCUT2D eigenvalue weighted by molar-refractivity contribution is 9.10. The molecule has 1 aliphatic heterocycles. The molecule has 0 bridgehead atoms. The van der Waals surface area contributed by atoms with Gasteiger partial charge in [0.2, 0.25) is 0 Å². The second-order valence-electron chi connectivity index (χ2n) is 7.18. The van der Waals surface area contributed by atoms with E-state index in [2.05, 4.69) is 22.5 Å². The molecule has 2 amide bonds. The van der Waals surface area contributed by atoms with Crippen molar-refractivity contribution in [1.82, 2.24) is 4.90 Å². The lowest BCUT2D eigenvalue weighted by Gasteiger charge is -2.17. The average molecular weight is 516 g/mol. The minimum atomic E-state index is -0.249. The van der Waals surface area contributed by atoms with Crippen molar-refractivity contribution < 1.29 is 19.1 Å². The first-order valence-corrected chi connectivity index (χ1v) is 12.1. The number of hydrogen-bond acceptors (Lipinski definition) is 5. The Morgan fingerprint density at radius 2 is 1.88 bits per heavy atom. The Bertz CT molecular complexity index is 1030. The fourth-order valence-corrected chi connectivity index (χ4v) is 4.43. The predicted molar refractivity (Wildman–Crippen MR) is 133 cm³/mol. The number of rotatable bonds is 10. The van der Waals surface area contributed by atoms with Crippen LogP contribution in [0.25, 0.3) is 6.08 Å².